The van der Waals surface area contributed by atoms with Crippen molar-refractivity contribution in [2.75, 3.05) is 0 Å². The van der Waals surface area contributed by atoms with E-state index in [1.807, 2.05) is 0 Å². The zero-order valence-corrected chi connectivity index (χ0v) is 5.20. The second-order valence-corrected chi connectivity index (χ2v) is 2.04. The Morgan fingerprint density at radius 2 is 2.20 bits per heavy atom. The first kappa shape index (κ1) is 6.84. The van der Waals surface area contributed by atoms with Gasteiger partial charge in [-0.2, -0.15) is 0 Å². The Morgan fingerprint density at radius 1 is 1.60 bits per heavy atom. The van der Waals surface area contributed by atoms with Crippen LogP contribution in [-0.2, 0) is 0 Å². The normalized spacial score (nSPS) is 22.6. The topological polar surface area (TPSA) is 123 Å². The van der Waals surface area contributed by atoms with Gasteiger partial charge in [-0.3, -0.25) is 16.8 Å². The quantitative estimate of drug-likeness (QED) is 0.248. The molecule has 0 aromatic rings. The summed E-state index contributed by atoms with van der Waals surface area (Å²) in [4.78, 5) is 3.57. The number of nitrogens with zero attached hydrogens (tertiary/aromatic N) is 1. The second kappa shape index (κ2) is 1.86. The van der Waals surface area contributed by atoms with Gasteiger partial charge in [0.15, 0.2) is 17.6 Å². The third-order valence-electron chi connectivity index (χ3n) is 0.938. The Labute approximate surface area is 57.4 Å². The summed E-state index contributed by atoms with van der Waals surface area (Å²) in [5, 5.41) is 11.2. The maximum absolute atomic E-state index is 8.84. The van der Waals surface area contributed by atoms with Crippen LogP contribution >= 0.6 is 0 Å². The van der Waals surface area contributed by atoms with Crippen LogP contribution in [0.4, 0.5) is 0 Å². The molecular formula is C4H9N5O. The molecule has 1 heterocycles. The number of aliphatic imine (C=N–C) groups is 1. The second-order valence-electron chi connectivity index (χ2n) is 2.04. The zero-order valence-electron chi connectivity index (χ0n) is 5.20. The third kappa shape index (κ3) is 1.36. The molecule has 0 aromatic carbocycles. The molecule has 6 nitrogen and oxygen atoms in total. The lowest BCUT2D eigenvalue weighted by molar-refractivity contribution is 0.366. The first-order valence-electron chi connectivity index (χ1n) is 2.61. The van der Waals surface area contributed by atoms with Crippen LogP contribution in [0.15, 0.2) is 17.0 Å². The van der Waals surface area contributed by atoms with Crippen molar-refractivity contribution in [1.82, 2.24) is 5.32 Å². The Hall–Kier alpha value is -1.27. The standard InChI is InChI=1S/C4H9N5O/c5-3-8-2(10)1-4(6,7)9-3/h1,10H,6-7H2,(H3,5,8,9). The molecule has 0 fully saturated rings. The Morgan fingerprint density at radius 3 is 2.60 bits per heavy atom. The molecule has 0 spiro atoms. The Bertz CT molecular complexity index is 186. The molecule has 0 aliphatic carbocycles. The fourth-order valence-corrected chi connectivity index (χ4v) is 0.655. The van der Waals surface area contributed by atoms with Crippen molar-refractivity contribution in [2.45, 2.75) is 5.79 Å². The lowest BCUT2D eigenvalue weighted by Crippen LogP contribution is -2.52. The molecule has 0 unspecified atom stereocenters. The largest absolute Gasteiger partial charge is 0.495 e. The van der Waals surface area contributed by atoms with Crippen LogP contribution in [0.3, 0.4) is 0 Å². The molecule has 0 saturated heterocycles. The van der Waals surface area contributed by atoms with E-state index in [1.165, 1.54) is 0 Å². The third-order valence-corrected chi connectivity index (χ3v) is 0.938. The van der Waals surface area contributed by atoms with Crippen molar-refractivity contribution in [3.8, 4) is 0 Å². The van der Waals surface area contributed by atoms with Crippen molar-refractivity contribution in [1.29, 1.82) is 0 Å². The van der Waals surface area contributed by atoms with E-state index < -0.39 is 5.79 Å². The van der Waals surface area contributed by atoms with E-state index >= 15 is 0 Å². The van der Waals surface area contributed by atoms with Gasteiger partial charge in [0.05, 0.1) is 0 Å². The van der Waals surface area contributed by atoms with Crippen molar-refractivity contribution >= 4 is 5.96 Å². The van der Waals surface area contributed by atoms with Crippen LogP contribution < -0.4 is 22.5 Å². The van der Waals surface area contributed by atoms with E-state index in [9.17, 15) is 0 Å². The first-order valence-corrected chi connectivity index (χ1v) is 2.61. The summed E-state index contributed by atoms with van der Waals surface area (Å²) in [6.45, 7) is 0. The SMILES string of the molecule is NC1=NC(N)(N)C=C(O)N1. The molecule has 0 saturated carbocycles. The lowest BCUT2D eigenvalue weighted by atomic mass is 10.3. The molecule has 1 rings (SSSR count). The summed E-state index contributed by atoms with van der Waals surface area (Å²) in [5.41, 5.74) is 15.8. The van der Waals surface area contributed by atoms with E-state index in [2.05, 4.69) is 10.3 Å². The molecule has 56 valence electrons. The lowest BCUT2D eigenvalue weighted by Gasteiger charge is -2.21. The molecule has 0 radical (unpaired) electrons. The highest BCUT2D eigenvalue weighted by atomic mass is 16.3. The maximum atomic E-state index is 8.84. The molecule has 0 atom stereocenters. The summed E-state index contributed by atoms with van der Waals surface area (Å²) in [5.74, 6) is -1.57. The molecule has 8 N–H and O–H groups in total. The van der Waals surface area contributed by atoms with Gasteiger partial charge in [-0.15, -0.1) is 0 Å². The predicted octanol–water partition coefficient (Wildman–Crippen LogP) is -2.13. The summed E-state index contributed by atoms with van der Waals surface area (Å²) < 4.78 is 0. The zero-order chi connectivity index (χ0) is 7.78. The smallest absolute Gasteiger partial charge is 0.198 e. The van der Waals surface area contributed by atoms with Gasteiger partial charge in [-0.05, 0) is 0 Å². The number of rotatable bonds is 0. The van der Waals surface area contributed by atoms with E-state index in [0.717, 1.165) is 6.08 Å². The number of guanidine groups is 1. The molecule has 1 aliphatic heterocycles. The number of nitrogens with one attached hydrogen (secondary N) is 1. The summed E-state index contributed by atoms with van der Waals surface area (Å²) in [6, 6.07) is 0. The molecule has 1 aliphatic rings. The van der Waals surface area contributed by atoms with Gasteiger partial charge in [0, 0.05) is 6.08 Å². The predicted molar refractivity (Wildman–Crippen MR) is 36.6 cm³/mol. The van der Waals surface area contributed by atoms with E-state index in [-0.39, 0.29) is 11.8 Å². The van der Waals surface area contributed by atoms with Crippen molar-refractivity contribution in [3.05, 3.63) is 12.0 Å². The fraction of sp³-hybridized carbons (Fsp3) is 0.250. The summed E-state index contributed by atoms with van der Waals surface area (Å²) in [7, 11) is 0. The molecule has 0 bridgehead atoms. The van der Waals surface area contributed by atoms with Crippen molar-refractivity contribution in [3.63, 3.8) is 0 Å². The molecule has 0 amide bonds. The van der Waals surface area contributed by atoms with Crippen LogP contribution in [0.1, 0.15) is 0 Å². The van der Waals surface area contributed by atoms with Gasteiger partial charge >= 0.3 is 0 Å². The van der Waals surface area contributed by atoms with Gasteiger partial charge in [0.2, 0.25) is 0 Å². The number of aliphatic hydroxyl groups is 1. The first-order chi connectivity index (χ1) is 4.49. The van der Waals surface area contributed by atoms with Crippen LogP contribution in [0, 0.1) is 0 Å². The highest BCUT2D eigenvalue weighted by molar-refractivity contribution is 5.80. The number of hydrogen-bond acceptors (Lipinski definition) is 6. The Balaban J connectivity index is 2.88. The average Bonchev–Trinajstić information content (AvgIpc) is 1.54. The minimum Gasteiger partial charge on any atom is -0.495 e. The van der Waals surface area contributed by atoms with Crippen LogP contribution in [-0.4, -0.2) is 16.9 Å². The van der Waals surface area contributed by atoms with Gasteiger partial charge in [-0.1, -0.05) is 0 Å². The molecule has 6 heteroatoms. The summed E-state index contributed by atoms with van der Waals surface area (Å²) in [6.07, 6.45) is 1.16. The fourth-order valence-electron chi connectivity index (χ4n) is 0.655. The average molecular weight is 143 g/mol. The van der Waals surface area contributed by atoms with Gasteiger partial charge in [-0.25, -0.2) is 4.99 Å². The van der Waals surface area contributed by atoms with E-state index in [0.29, 0.717) is 0 Å². The van der Waals surface area contributed by atoms with Crippen LogP contribution in [0.2, 0.25) is 0 Å². The van der Waals surface area contributed by atoms with Crippen LogP contribution in [0.25, 0.3) is 0 Å². The Kier molecular flexibility index (Phi) is 1.27. The number of hydrogen-bond donors (Lipinski definition) is 5. The highest BCUT2D eigenvalue weighted by Crippen LogP contribution is 2.01. The van der Waals surface area contributed by atoms with Gasteiger partial charge in [0.25, 0.3) is 0 Å². The highest BCUT2D eigenvalue weighted by Gasteiger charge is 2.20. The van der Waals surface area contributed by atoms with E-state index in [4.69, 9.17) is 22.3 Å². The molecular weight excluding hydrogens is 134 g/mol. The minimum absolute atomic E-state index is 0.00463. The molecule has 0 aromatic heterocycles. The van der Waals surface area contributed by atoms with Crippen molar-refractivity contribution < 1.29 is 5.11 Å². The van der Waals surface area contributed by atoms with Crippen molar-refractivity contribution in [2.24, 2.45) is 22.2 Å². The van der Waals surface area contributed by atoms with Gasteiger partial charge in [0.1, 0.15) is 0 Å². The van der Waals surface area contributed by atoms with E-state index in [1.54, 1.807) is 0 Å². The molecule has 10 heavy (non-hydrogen) atoms. The number of aliphatic hydroxyl groups excluding tert-OH is 1. The van der Waals surface area contributed by atoms with Crippen LogP contribution in [0.5, 0.6) is 0 Å². The number of nitrogens with two attached hydrogens (primary N) is 3. The summed E-state index contributed by atoms with van der Waals surface area (Å²) >= 11 is 0. The minimum atomic E-state index is -1.39. The maximum Gasteiger partial charge on any atom is 0.198 e. The monoisotopic (exact) mass is 143 g/mol. The van der Waals surface area contributed by atoms with Gasteiger partial charge < -0.3 is 10.8 Å².